The highest BCUT2D eigenvalue weighted by atomic mass is 19.1. The lowest BCUT2D eigenvalue weighted by atomic mass is 10.00. The maximum atomic E-state index is 13.1. The molecule has 0 radical (unpaired) electrons. The van der Waals surface area contributed by atoms with Crippen molar-refractivity contribution >= 4 is 0 Å². The molecule has 0 aliphatic carbocycles. The van der Waals surface area contributed by atoms with E-state index < -0.39 is 23.7 Å². The van der Waals surface area contributed by atoms with Crippen LogP contribution in [-0.4, -0.2) is 16.3 Å². The third-order valence-electron chi connectivity index (χ3n) is 2.12. The van der Waals surface area contributed by atoms with E-state index in [-0.39, 0.29) is 5.56 Å². The maximum Gasteiger partial charge on any atom is 0.165 e. The molecule has 4 N–H and O–H groups in total. The molecule has 2 atom stereocenters. The SMILES string of the molecule is Cc1cc(F)c(O)c(C(N)C(C)O)c1. The predicted molar refractivity (Wildman–Crippen MR) is 51.4 cm³/mol. The average molecular weight is 199 g/mol. The van der Waals surface area contributed by atoms with E-state index in [0.29, 0.717) is 5.56 Å². The average Bonchev–Trinajstić information content (AvgIpc) is 2.09. The van der Waals surface area contributed by atoms with E-state index in [9.17, 15) is 14.6 Å². The number of phenols is 1. The highest BCUT2D eigenvalue weighted by Gasteiger charge is 2.18. The summed E-state index contributed by atoms with van der Waals surface area (Å²) in [5.74, 6) is -1.19. The second kappa shape index (κ2) is 3.94. The summed E-state index contributed by atoms with van der Waals surface area (Å²) in [5.41, 5.74) is 6.49. The summed E-state index contributed by atoms with van der Waals surface area (Å²) in [4.78, 5) is 0. The first kappa shape index (κ1) is 10.9. The Morgan fingerprint density at radius 3 is 2.50 bits per heavy atom. The minimum absolute atomic E-state index is 0.234. The molecule has 1 aromatic rings. The molecule has 0 aliphatic rings. The predicted octanol–water partition coefficient (Wildman–Crippen LogP) is 1.22. The van der Waals surface area contributed by atoms with Crippen molar-refractivity contribution in [1.82, 2.24) is 0 Å². The Bertz CT molecular complexity index is 339. The molecule has 78 valence electrons. The van der Waals surface area contributed by atoms with Crippen LogP contribution in [-0.2, 0) is 0 Å². The van der Waals surface area contributed by atoms with Crippen LogP contribution in [0.25, 0.3) is 0 Å². The van der Waals surface area contributed by atoms with Gasteiger partial charge in [0, 0.05) is 5.56 Å². The molecule has 2 unspecified atom stereocenters. The van der Waals surface area contributed by atoms with E-state index in [0.717, 1.165) is 0 Å². The molecular formula is C10H14FNO2. The molecule has 0 saturated heterocycles. The molecule has 0 aliphatic heterocycles. The van der Waals surface area contributed by atoms with Gasteiger partial charge in [0.2, 0.25) is 0 Å². The number of hydrogen-bond donors (Lipinski definition) is 3. The summed E-state index contributed by atoms with van der Waals surface area (Å²) in [6.45, 7) is 3.19. The Morgan fingerprint density at radius 1 is 1.43 bits per heavy atom. The second-order valence-electron chi connectivity index (χ2n) is 3.45. The highest BCUT2D eigenvalue weighted by molar-refractivity contribution is 5.39. The highest BCUT2D eigenvalue weighted by Crippen LogP contribution is 2.28. The van der Waals surface area contributed by atoms with Gasteiger partial charge >= 0.3 is 0 Å². The molecule has 0 fully saturated rings. The smallest absolute Gasteiger partial charge is 0.165 e. The van der Waals surface area contributed by atoms with Gasteiger partial charge < -0.3 is 15.9 Å². The number of nitrogens with two attached hydrogens (primary N) is 1. The zero-order valence-corrected chi connectivity index (χ0v) is 8.16. The first-order valence-electron chi connectivity index (χ1n) is 4.36. The molecule has 3 nitrogen and oxygen atoms in total. The topological polar surface area (TPSA) is 66.5 Å². The van der Waals surface area contributed by atoms with Crippen molar-refractivity contribution < 1.29 is 14.6 Å². The number of aryl methyl sites for hydroxylation is 1. The molecule has 1 rings (SSSR count). The van der Waals surface area contributed by atoms with Crippen LogP contribution in [0.1, 0.15) is 24.1 Å². The lowest BCUT2D eigenvalue weighted by molar-refractivity contribution is 0.162. The van der Waals surface area contributed by atoms with Gasteiger partial charge in [0.25, 0.3) is 0 Å². The lowest BCUT2D eigenvalue weighted by Gasteiger charge is -2.17. The van der Waals surface area contributed by atoms with E-state index in [1.807, 2.05) is 0 Å². The summed E-state index contributed by atoms with van der Waals surface area (Å²) >= 11 is 0. The maximum absolute atomic E-state index is 13.1. The van der Waals surface area contributed by atoms with E-state index in [1.54, 1.807) is 13.0 Å². The Labute approximate surface area is 82.0 Å². The fourth-order valence-corrected chi connectivity index (χ4v) is 1.28. The van der Waals surface area contributed by atoms with Gasteiger partial charge in [-0.15, -0.1) is 0 Å². The molecule has 0 aromatic heterocycles. The monoisotopic (exact) mass is 199 g/mol. The summed E-state index contributed by atoms with van der Waals surface area (Å²) < 4.78 is 13.1. The van der Waals surface area contributed by atoms with Crippen LogP contribution in [0.3, 0.4) is 0 Å². The quantitative estimate of drug-likeness (QED) is 0.671. The van der Waals surface area contributed by atoms with Gasteiger partial charge in [-0.05, 0) is 25.5 Å². The molecule has 1 aromatic carbocycles. The van der Waals surface area contributed by atoms with Crippen molar-refractivity contribution in [3.8, 4) is 5.75 Å². The molecule has 4 heteroatoms. The number of phenolic OH excluding ortho intramolecular Hbond substituents is 1. The number of rotatable bonds is 2. The number of aliphatic hydroxyl groups excluding tert-OH is 1. The number of aromatic hydroxyl groups is 1. The van der Waals surface area contributed by atoms with Crippen molar-refractivity contribution in [2.24, 2.45) is 5.73 Å². The summed E-state index contributed by atoms with van der Waals surface area (Å²) in [7, 11) is 0. The van der Waals surface area contributed by atoms with Gasteiger partial charge in [-0.25, -0.2) is 4.39 Å². The van der Waals surface area contributed by atoms with Crippen LogP contribution in [0, 0.1) is 12.7 Å². The van der Waals surface area contributed by atoms with Crippen molar-refractivity contribution in [2.45, 2.75) is 26.0 Å². The largest absolute Gasteiger partial charge is 0.505 e. The molecule has 0 saturated carbocycles. The summed E-state index contributed by atoms with van der Waals surface area (Å²) in [6, 6.07) is 2.01. The lowest BCUT2D eigenvalue weighted by Crippen LogP contribution is -2.23. The summed E-state index contributed by atoms with van der Waals surface area (Å²) in [6.07, 6.45) is -0.831. The number of halogens is 1. The van der Waals surface area contributed by atoms with Crippen LogP contribution < -0.4 is 5.73 Å². The molecule has 0 bridgehead atoms. The van der Waals surface area contributed by atoms with Gasteiger partial charge in [0.1, 0.15) is 0 Å². The number of hydrogen-bond acceptors (Lipinski definition) is 3. The third-order valence-corrected chi connectivity index (χ3v) is 2.12. The fourth-order valence-electron chi connectivity index (χ4n) is 1.28. The van der Waals surface area contributed by atoms with Crippen molar-refractivity contribution in [3.05, 3.63) is 29.1 Å². The van der Waals surface area contributed by atoms with Gasteiger partial charge in [-0.2, -0.15) is 0 Å². The molecule has 0 heterocycles. The Morgan fingerprint density at radius 2 is 2.00 bits per heavy atom. The Hall–Kier alpha value is -1.13. The molecule has 14 heavy (non-hydrogen) atoms. The van der Waals surface area contributed by atoms with Gasteiger partial charge in [0.15, 0.2) is 11.6 Å². The Kier molecular flexibility index (Phi) is 3.08. The van der Waals surface area contributed by atoms with Gasteiger partial charge in [-0.3, -0.25) is 0 Å². The van der Waals surface area contributed by atoms with Crippen LogP contribution in [0.4, 0.5) is 4.39 Å². The zero-order chi connectivity index (χ0) is 10.9. The number of aliphatic hydroxyl groups is 1. The Balaban J connectivity index is 3.20. The zero-order valence-electron chi connectivity index (χ0n) is 8.16. The van der Waals surface area contributed by atoms with Crippen LogP contribution in [0.15, 0.2) is 12.1 Å². The summed E-state index contributed by atoms with van der Waals surface area (Å²) in [5, 5.41) is 18.6. The van der Waals surface area contributed by atoms with E-state index in [4.69, 9.17) is 5.73 Å². The number of benzene rings is 1. The molecule has 0 amide bonds. The van der Waals surface area contributed by atoms with Crippen molar-refractivity contribution in [3.63, 3.8) is 0 Å². The molecule has 0 spiro atoms. The third kappa shape index (κ3) is 2.02. The van der Waals surface area contributed by atoms with E-state index in [1.165, 1.54) is 13.0 Å². The minimum Gasteiger partial charge on any atom is -0.505 e. The van der Waals surface area contributed by atoms with Crippen LogP contribution in [0.5, 0.6) is 5.75 Å². The fraction of sp³-hybridized carbons (Fsp3) is 0.400. The first-order valence-corrected chi connectivity index (χ1v) is 4.36. The van der Waals surface area contributed by atoms with Gasteiger partial charge in [0.05, 0.1) is 12.1 Å². The first-order chi connectivity index (χ1) is 6.43. The second-order valence-corrected chi connectivity index (χ2v) is 3.45. The minimum atomic E-state index is -0.831. The normalized spacial score (nSPS) is 15.2. The van der Waals surface area contributed by atoms with Crippen LogP contribution >= 0.6 is 0 Å². The standard InChI is InChI=1S/C10H14FNO2/c1-5-3-7(9(12)6(2)13)10(14)8(11)4-5/h3-4,6,9,13-14H,12H2,1-2H3. The van der Waals surface area contributed by atoms with Crippen LogP contribution in [0.2, 0.25) is 0 Å². The van der Waals surface area contributed by atoms with Crippen molar-refractivity contribution in [1.29, 1.82) is 0 Å². The van der Waals surface area contributed by atoms with Gasteiger partial charge in [-0.1, -0.05) is 6.07 Å². The van der Waals surface area contributed by atoms with Crippen molar-refractivity contribution in [2.75, 3.05) is 0 Å². The molecular weight excluding hydrogens is 185 g/mol. The van der Waals surface area contributed by atoms with E-state index >= 15 is 0 Å². The van der Waals surface area contributed by atoms with E-state index in [2.05, 4.69) is 0 Å².